The van der Waals surface area contributed by atoms with Crippen LogP contribution < -0.4 is 0 Å². The zero-order valence-electron chi connectivity index (χ0n) is 16.8. The van der Waals surface area contributed by atoms with Crippen LogP contribution in [0.3, 0.4) is 0 Å². The van der Waals surface area contributed by atoms with Gasteiger partial charge in [-0.05, 0) is 85.9 Å². The molecular formula is C24H26F2O2. The third-order valence-electron chi connectivity index (χ3n) is 5.87. The first-order valence-corrected chi connectivity index (χ1v) is 9.73. The van der Waals surface area contributed by atoms with Gasteiger partial charge in [0.2, 0.25) is 0 Å². The molecule has 2 aromatic carbocycles. The Morgan fingerprint density at radius 3 is 2.57 bits per heavy atom. The summed E-state index contributed by atoms with van der Waals surface area (Å²) >= 11 is 0. The number of carbonyl (C=O) groups is 1. The minimum atomic E-state index is -0.557. The summed E-state index contributed by atoms with van der Waals surface area (Å²) in [4.78, 5) is 12.1. The van der Waals surface area contributed by atoms with Gasteiger partial charge in [-0.2, -0.15) is 0 Å². The van der Waals surface area contributed by atoms with Crippen molar-refractivity contribution in [2.45, 2.75) is 46.5 Å². The highest BCUT2D eigenvalue weighted by molar-refractivity contribution is 5.91. The molecule has 0 saturated heterocycles. The van der Waals surface area contributed by atoms with Gasteiger partial charge in [-0.25, -0.2) is 13.6 Å². The molecule has 148 valence electrons. The van der Waals surface area contributed by atoms with Crippen molar-refractivity contribution in [2.24, 2.45) is 5.92 Å². The SMILES string of the molecule is CCOC(=O)c1ccc2c(c1)C(C)=C(C)CC(Cc1ccc(F)cc1F)C2C. The highest BCUT2D eigenvalue weighted by atomic mass is 19.1. The molecule has 0 amide bonds. The van der Waals surface area contributed by atoms with Crippen LogP contribution in [0.5, 0.6) is 0 Å². The average Bonchev–Trinajstić information content (AvgIpc) is 2.75. The van der Waals surface area contributed by atoms with Crippen molar-refractivity contribution in [1.82, 2.24) is 0 Å². The van der Waals surface area contributed by atoms with Crippen LogP contribution >= 0.6 is 0 Å². The van der Waals surface area contributed by atoms with Crippen molar-refractivity contribution < 1.29 is 18.3 Å². The topological polar surface area (TPSA) is 26.3 Å². The van der Waals surface area contributed by atoms with Gasteiger partial charge in [0.05, 0.1) is 12.2 Å². The Labute approximate surface area is 165 Å². The molecular weight excluding hydrogens is 358 g/mol. The number of allylic oxidation sites excluding steroid dienone is 2. The fraction of sp³-hybridized carbons (Fsp3) is 0.375. The van der Waals surface area contributed by atoms with Crippen LogP contribution in [0.1, 0.15) is 67.1 Å². The van der Waals surface area contributed by atoms with Crippen molar-refractivity contribution in [3.8, 4) is 0 Å². The van der Waals surface area contributed by atoms with Gasteiger partial charge in [-0.3, -0.25) is 0 Å². The summed E-state index contributed by atoms with van der Waals surface area (Å²) in [6.45, 7) is 8.42. The molecule has 0 bridgehead atoms. The monoisotopic (exact) mass is 384 g/mol. The van der Waals surface area contributed by atoms with E-state index in [1.54, 1.807) is 19.1 Å². The van der Waals surface area contributed by atoms with Gasteiger partial charge in [0, 0.05) is 6.07 Å². The van der Waals surface area contributed by atoms with E-state index in [4.69, 9.17) is 4.74 Å². The molecule has 0 N–H and O–H groups in total. The number of hydrogen-bond acceptors (Lipinski definition) is 2. The number of halogens is 2. The van der Waals surface area contributed by atoms with E-state index in [0.717, 1.165) is 29.2 Å². The Kier molecular flexibility index (Phi) is 5.97. The smallest absolute Gasteiger partial charge is 0.338 e. The fourth-order valence-electron chi connectivity index (χ4n) is 4.05. The zero-order chi connectivity index (χ0) is 20.4. The van der Waals surface area contributed by atoms with Crippen molar-refractivity contribution in [2.75, 3.05) is 6.61 Å². The third kappa shape index (κ3) is 4.01. The Balaban J connectivity index is 1.98. The standard InChI is InChI=1S/C24H26F2O2/c1-5-28-24(27)18-7-9-21-16(4)19(10-14(2)15(3)22(21)12-18)11-17-6-8-20(25)13-23(17)26/h6-9,12-13,16,19H,5,10-11H2,1-4H3. The second-order valence-electron chi connectivity index (χ2n) is 7.62. The molecule has 28 heavy (non-hydrogen) atoms. The third-order valence-corrected chi connectivity index (χ3v) is 5.87. The zero-order valence-corrected chi connectivity index (χ0v) is 16.8. The Bertz CT molecular complexity index is 930. The van der Waals surface area contributed by atoms with E-state index in [0.29, 0.717) is 24.2 Å². The van der Waals surface area contributed by atoms with Crippen LogP contribution in [0.25, 0.3) is 5.57 Å². The summed E-state index contributed by atoms with van der Waals surface area (Å²) in [5.74, 6) is -1.02. The van der Waals surface area contributed by atoms with Crippen LogP contribution in [-0.4, -0.2) is 12.6 Å². The maximum absolute atomic E-state index is 14.2. The molecule has 0 aliphatic heterocycles. The maximum Gasteiger partial charge on any atom is 0.338 e. The van der Waals surface area contributed by atoms with Gasteiger partial charge in [0.15, 0.2) is 0 Å². The highest BCUT2D eigenvalue weighted by Crippen LogP contribution is 2.41. The van der Waals surface area contributed by atoms with Gasteiger partial charge in [-0.15, -0.1) is 0 Å². The van der Waals surface area contributed by atoms with Gasteiger partial charge in [-0.1, -0.05) is 24.6 Å². The van der Waals surface area contributed by atoms with E-state index in [1.807, 2.05) is 12.1 Å². The number of carbonyl (C=O) groups excluding carboxylic acids is 1. The van der Waals surface area contributed by atoms with Gasteiger partial charge < -0.3 is 4.74 Å². The molecule has 4 heteroatoms. The summed E-state index contributed by atoms with van der Waals surface area (Å²) in [6.07, 6.45) is 1.37. The van der Waals surface area contributed by atoms with Gasteiger partial charge in [0.25, 0.3) is 0 Å². The lowest BCUT2D eigenvalue weighted by atomic mass is 9.80. The molecule has 1 aliphatic rings. The van der Waals surface area contributed by atoms with Crippen LogP contribution in [0, 0.1) is 17.6 Å². The summed E-state index contributed by atoms with van der Waals surface area (Å²) in [6, 6.07) is 9.50. The number of ether oxygens (including phenoxy) is 1. The van der Waals surface area contributed by atoms with Crippen molar-refractivity contribution >= 4 is 11.5 Å². The molecule has 2 aromatic rings. The number of fused-ring (bicyclic) bond motifs is 1. The van der Waals surface area contributed by atoms with Crippen molar-refractivity contribution in [1.29, 1.82) is 0 Å². The minimum Gasteiger partial charge on any atom is -0.462 e. The molecule has 0 spiro atoms. The maximum atomic E-state index is 14.2. The first-order valence-electron chi connectivity index (χ1n) is 9.73. The van der Waals surface area contributed by atoms with E-state index >= 15 is 0 Å². The molecule has 0 radical (unpaired) electrons. The van der Waals surface area contributed by atoms with Crippen molar-refractivity contribution in [3.05, 3.63) is 75.9 Å². The molecule has 1 aliphatic carbocycles. The molecule has 2 nitrogen and oxygen atoms in total. The molecule has 0 aromatic heterocycles. The number of benzene rings is 2. The minimum absolute atomic E-state index is 0.170. The van der Waals surface area contributed by atoms with Crippen LogP contribution in [-0.2, 0) is 11.2 Å². The average molecular weight is 384 g/mol. The van der Waals surface area contributed by atoms with Crippen LogP contribution in [0.4, 0.5) is 8.78 Å². The second-order valence-corrected chi connectivity index (χ2v) is 7.62. The summed E-state index contributed by atoms with van der Waals surface area (Å²) in [7, 11) is 0. The molecule has 0 saturated carbocycles. The number of hydrogen-bond donors (Lipinski definition) is 0. The Morgan fingerprint density at radius 1 is 1.14 bits per heavy atom. The lowest BCUT2D eigenvalue weighted by molar-refractivity contribution is 0.0526. The molecule has 3 rings (SSSR count). The van der Waals surface area contributed by atoms with E-state index in [2.05, 4.69) is 20.8 Å². The molecule has 0 fully saturated rings. The highest BCUT2D eigenvalue weighted by Gasteiger charge is 2.28. The van der Waals surface area contributed by atoms with E-state index < -0.39 is 11.6 Å². The summed E-state index contributed by atoms with van der Waals surface area (Å²) in [5.41, 5.74) is 5.65. The Hall–Kier alpha value is -2.49. The van der Waals surface area contributed by atoms with Crippen molar-refractivity contribution in [3.63, 3.8) is 0 Å². The first kappa shape index (κ1) is 20.2. The van der Waals surface area contributed by atoms with E-state index in [1.165, 1.54) is 11.6 Å². The second kappa shape index (κ2) is 8.26. The van der Waals surface area contributed by atoms with Gasteiger partial charge >= 0.3 is 5.97 Å². The van der Waals surface area contributed by atoms with Crippen LogP contribution in [0.15, 0.2) is 42.0 Å². The largest absolute Gasteiger partial charge is 0.462 e. The quantitative estimate of drug-likeness (QED) is 0.578. The molecule has 0 heterocycles. The predicted octanol–water partition coefficient (Wildman–Crippen LogP) is 6.30. The lowest BCUT2D eigenvalue weighted by Gasteiger charge is -2.24. The predicted molar refractivity (Wildman–Crippen MR) is 107 cm³/mol. The normalized spacial score (nSPS) is 19.2. The molecule has 2 unspecified atom stereocenters. The fourth-order valence-corrected chi connectivity index (χ4v) is 4.05. The van der Waals surface area contributed by atoms with E-state index in [9.17, 15) is 13.6 Å². The number of rotatable bonds is 4. The summed E-state index contributed by atoms with van der Waals surface area (Å²) in [5, 5.41) is 0. The van der Waals surface area contributed by atoms with E-state index in [-0.39, 0.29) is 17.8 Å². The first-order chi connectivity index (χ1) is 13.3. The van der Waals surface area contributed by atoms with Crippen LogP contribution in [0.2, 0.25) is 0 Å². The number of esters is 1. The molecule has 2 atom stereocenters. The summed E-state index contributed by atoms with van der Waals surface area (Å²) < 4.78 is 32.6. The van der Waals surface area contributed by atoms with Gasteiger partial charge in [0.1, 0.15) is 11.6 Å². The Morgan fingerprint density at radius 2 is 1.89 bits per heavy atom. The lowest BCUT2D eigenvalue weighted by Crippen LogP contribution is -2.14.